The van der Waals surface area contributed by atoms with Crippen LogP contribution in [0, 0.1) is 11.8 Å². The van der Waals surface area contributed by atoms with Gasteiger partial charge < -0.3 is 33.5 Å². The molecule has 0 amide bonds. The number of hydrogen-bond acceptors (Lipinski definition) is 18. The van der Waals surface area contributed by atoms with E-state index in [1.165, 1.54) is 12.2 Å². The van der Waals surface area contributed by atoms with Crippen molar-refractivity contribution in [2.75, 3.05) is 0 Å². The second kappa shape index (κ2) is 23.8. The van der Waals surface area contributed by atoms with E-state index in [1.807, 2.05) is 72.8 Å². The summed E-state index contributed by atoms with van der Waals surface area (Å²) in [5, 5.41) is 15.3. The van der Waals surface area contributed by atoms with Crippen LogP contribution >= 0.6 is 22.7 Å². The minimum absolute atomic E-state index is 0.00360. The van der Waals surface area contributed by atoms with Crippen molar-refractivity contribution in [3.05, 3.63) is 317 Å². The van der Waals surface area contributed by atoms with Crippen molar-refractivity contribution in [1.29, 1.82) is 0 Å². The van der Waals surface area contributed by atoms with Gasteiger partial charge >= 0.3 is 35.1 Å². The van der Waals surface area contributed by atoms with Crippen LogP contribution in [-0.2, 0) is 85.2 Å². The number of esters is 4. The second-order valence-electron chi connectivity index (χ2n) is 23.7. The Balaban J connectivity index is 0.848. The zero-order valence-corrected chi connectivity index (χ0v) is 52.1. The Labute approximate surface area is 555 Å². The Morgan fingerprint density at radius 1 is 0.438 bits per heavy atom. The zero-order valence-electron chi connectivity index (χ0n) is 50.5. The summed E-state index contributed by atoms with van der Waals surface area (Å²) in [4.78, 5) is 115. The quantitative estimate of drug-likeness (QED) is 0.0351. The summed E-state index contributed by atoms with van der Waals surface area (Å²) in [6, 6.07) is 57.2. The molecule has 0 saturated carbocycles. The fourth-order valence-corrected chi connectivity index (χ4v) is 15.1. The van der Waals surface area contributed by atoms with Gasteiger partial charge in [-0.1, -0.05) is 182 Å². The first kappa shape index (κ1) is 59.4. The number of allylic oxidation sites excluding steroid dienone is 7. The van der Waals surface area contributed by atoms with Crippen molar-refractivity contribution in [2.24, 2.45) is 11.8 Å². The van der Waals surface area contributed by atoms with Gasteiger partial charge in [0.15, 0.2) is 17.3 Å². The number of hydrogen-bond donors (Lipinski definition) is 1. The molecule has 468 valence electrons. The Morgan fingerprint density at radius 3 is 1.17 bits per heavy atom. The van der Waals surface area contributed by atoms with Crippen molar-refractivity contribution in [1.82, 2.24) is 9.97 Å². The lowest BCUT2D eigenvalue weighted by Gasteiger charge is -2.40. The van der Waals surface area contributed by atoms with Crippen molar-refractivity contribution >= 4 is 109 Å². The number of carbonyl (C=O) groups is 7. The number of aliphatic hydroxyl groups excluding tert-OH is 1. The molecule has 96 heavy (non-hydrogen) atoms. The van der Waals surface area contributed by atoms with E-state index in [0.29, 0.717) is 44.5 Å². The van der Waals surface area contributed by atoms with Crippen molar-refractivity contribution < 1.29 is 67.1 Å². The molecule has 0 spiro atoms. The van der Waals surface area contributed by atoms with Crippen LogP contribution in [0.1, 0.15) is 96.2 Å². The standard InChI is InChI=1S/C78H50N2O14S2/c81-65-53-29-47-25-13-14-26-48(47)30-54(53)66(82)59(65)37-63-79-71-69(95-63)57-33-52-36-62-58(34-51(52)35-61(57)93-77(71,73(85)89-39-43-17-5-1-6-18-43)74(86)90-40-44-19-7-2-8-20-44)70-72(80-64(96-70)38-60-67(83)55-31-49-27-15-16-28-50(49)32-56(55)68(60)84)78(94-62,75(87)91-41-45-21-9-3-10-22-45)76(88)92-42-46-23-11-4-12-24-46/h1-38,51-52,65,81H,39-42H2/b59-37+. The highest BCUT2D eigenvalue weighted by molar-refractivity contribution is 7.14. The van der Waals surface area contributed by atoms with Crippen LogP contribution in [0.4, 0.5) is 0 Å². The topological polar surface area (TPSA) is 221 Å². The molecule has 4 aliphatic carbocycles. The van der Waals surface area contributed by atoms with Crippen LogP contribution < -0.4 is 0 Å². The molecule has 2 aromatic heterocycles. The van der Waals surface area contributed by atoms with E-state index < -0.39 is 70.4 Å². The highest BCUT2D eigenvalue weighted by Crippen LogP contribution is 2.56. The largest absolute Gasteiger partial charge is 0.458 e. The summed E-state index contributed by atoms with van der Waals surface area (Å²) < 4.78 is 38.1. The smallest absolute Gasteiger partial charge is 0.369 e. The van der Waals surface area contributed by atoms with Crippen molar-refractivity contribution in [2.45, 2.75) is 43.7 Å². The highest BCUT2D eigenvalue weighted by atomic mass is 32.1. The number of benzene rings is 8. The molecule has 0 saturated heterocycles. The number of Topliss-reactive ketones (excluding diaryl/α,β-unsaturated/α-hetero) is 3. The highest BCUT2D eigenvalue weighted by Gasteiger charge is 2.63. The van der Waals surface area contributed by atoms with Crippen LogP contribution in [0.25, 0.3) is 44.8 Å². The van der Waals surface area contributed by atoms with E-state index in [4.69, 9.17) is 38.4 Å². The molecule has 0 fully saturated rings. The molecule has 16 rings (SSSR count). The summed E-state index contributed by atoms with van der Waals surface area (Å²) >= 11 is 2.03. The number of fused-ring (bicyclic) bond motifs is 11. The van der Waals surface area contributed by atoms with Crippen LogP contribution in [0.5, 0.6) is 0 Å². The van der Waals surface area contributed by atoms with Crippen LogP contribution in [-0.4, -0.2) is 56.3 Å². The van der Waals surface area contributed by atoms with E-state index in [1.54, 1.807) is 146 Å². The maximum Gasteiger partial charge on any atom is 0.369 e. The van der Waals surface area contributed by atoms with Gasteiger partial charge in [-0.05, 0) is 97.9 Å². The van der Waals surface area contributed by atoms with E-state index in [0.717, 1.165) is 44.2 Å². The number of carbonyl (C=O) groups excluding carboxylic acids is 7. The molecule has 0 radical (unpaired) electrons. The summed E-state index contributed by atoms with van der Waals surface area (Å²) in [7, 11) is 0. The number of ketones is 3. The summed E-state index contributed by atoms with van der Waals surface area (Å²) in [6.07, 6.45) is 8.52. The van der Waals surface area contributed by atoms with Crippen LogP contribution in [0.2, 0.25) is 0 Å². The Morgan fingerprint density at radius 2 is 0.781 bits per heavy atom. The molecule has 16 nitrogen and oxygen atoms in total. The molecule has 3 unspecified atom stereocenters. The molecule has 18 heteroatoms. The van der Waals surface area contributed by atoms with Crippen molar-refractivity contribution in [3.8, 4) is 0 Å². The van der Waals surface area contributed by atoms with Gasteiger partial charge in [-0.3, -0.25) is 14.4 Å². The second-order valence-corrected chi connectivity index (χ2v) is 25.8. The van der Waals surface area contributed by atoms with Crippen LogP contribution in [0.15, 0.2) is 241 Å². The van der Waals surface area contributed by atoms with Gasteiger partial charge in [0.25, 0.3) is 0 Å². The Hall–Kier alpha value is -11.6. The van der Waals surface area contributed by atoms with Gasteiger partial charge in [0.05, 0.1) is 15.3 Å². The predicted octanol–water partition coefficient (Wildman–Crippen LogP) is 13.6. The number of nitrogens with zero attached hydrogens (tertiary/aromatic N) is 2. The van der Waals surface area contributed by atoms with Gasteiger partial charge in [0.2, 0.25) is 0 Å². The first-order valence-corrected chi connectivity index (χ1v) is 32.4. The average Bonchev–Trinajstić information content (AvgIpc) is 1.30. The minimum Gasteiger partial charge on any atom is -0.458 e. The zero-order chi connectivity index (χ0) is 65.4. The number of aromatic nitrogens is 2. The SMILES string of the molecule is O=C1C(=Cc2nc3c(s2)C2=CC4C=C5OC(C(=O)OCc6ccccc6)(C(=O)OCc6ccccc6)c6nc(/C=C7/C(=O)c8cc9ccccc9cc8C7O)sc6C5=CC4C=C2OC3(C(=O)OCc2ccccc2)C(=O)OCc2ccccc2)C(=O)c2cc3ccccc3cc21. The summed E-state index contributed by atoms with van der Waals surface area (Å²) in [5.74, 6) is -7.47. The van der Waals surface area contributed by atoms with Gasteiger partial charge in [-0.25, -0.2) is 29.1 Å². The lowest BCUT2D eigenvalue weighted by Crippen LogP contribution is -2.51. The van der Waals surface area contributed by atoms with E-state index in [9.17, 15) is 19.5 Å². The molecule has 10 aromatic rings. The molecule has 3 atom stereocenters. The van der Waals surface area contributed by atoms with E-state index >= 15 is 19.2 Å². The normalized spacial score (nSPS) is 18.5. The van der Waals surface area contributed by atoms with Gasteiger partial charge in [-0.15, -0.1) is 22.7 Å². The summed E-state index contributed by atoms with van der Waals surface area (Å²) in [6.45, 7) is -1.14. The fraction of sp³-hybridized carbons (Fsp3) is 0.115. The molecule has 8 aromatic carbocycles. The molecular formula is C78H50N2O14S2. The Bertz CT molecular complexity index is 5030. The average molecular weight is 1300 g/mol. The number of ether oxygens (including phenoxy) is 6. The molecular weight excluding hydrogens is 1250 g/mol. The number of rotatable bonds is 14. The van der Waals surface area contributed by atoms with E-state index in [2.05, 4.69) is 0 Å². The van der Waals surface area contributed by atoms with E-state index in [-0.39, 0.29) is 91.4 Å². The molecule has 6 aliphatic rings. The lowest BCUT2D eigenvalue weighted by molar-refractivity contribution is -0.191. The lowest BCUT2D eigenvalue weighted by atomic mass is 9.76. The molecule has 0 bridgehead atoms. The first-order chi connectivity index (χ1) is 46.8. The first-order valence-electron chi connectivity index (χ1n) is 30.8. The van der Waals surface area contributed by atoms with Gasteiger partial charge in [0.1, 0.15) is 65.5 Å². The maximum absolute atomic E-state index is 15.4. The predicted molar refractivity (Wildman–Crippen MR) is 356 cm³/mol. The van der Waals surface area contributed by atoms with Crippen LogP contribution in [0.3, 0.4) is 0 Å². The monoisotopic (exact) mass is 1300 g/mol. The fourth-order valence-electron chi connectivity index (χ4n) is 12.9. The third-order valence-electron chi connectivity index (χ3n) is 17.8. The van der Waals surface area contributed by atoms with Gasteiger partial charge in [-0.2, -0.15) is 0 Å². The minimum atomic E-state index is -2.76. The van der Waals surface area contributed by atoms with Crippen molar-refractivity contribution in [3.63, 3.8) is 0 Å². The van der Waals surface area contributed by atoms with Gasteiger partial charge in [0, 0.05) is 45.2 Å². The molecule has 1 N–H and O–H groups in total. The molecule has 2 aliphatic heterocycles. The molecule has 4 heterocycles. The third kappa shape index (κ3) is 10.1. The third-order valence-corrected chi connectivity index (χ3v) is 19.8. The number of thiazole rings is 2. The number of aliphatic hydroxyl groups is 1. The summed E-state index contributed by atoms with van der Waals surface area (Å²) in [5.41, 5.74) is -1.88. The Kier molecular flexibility index (Phi) is 14.7. The maximum atomic E-state index is 15.4.